The Balaban J connectivity index is 2.16. The van der Waals surface area contributed by atoms with Crippen molar-refractivity contribution in [2.75, 3.05) is 0 Å². The molecule has 0 bridgehead atoms. The van der Waals surface area contributed by atoms with E-state index >= 15 is 0 Å². The minimum absolute atomic E-state index is 0.0419. The zero-order valence-electron chi connectivity index (χ0n) is 9.28. The van der Waals surface area contributed by atoms with Crippen LogP contribution < -0.4 is 0 Å². The molecule has 3 rings (SSSR count). The molecule has 1 N–H and O–H groups in total. The van der Waals surface area contributed by atoms with Crippen molar-refractivity contribution in [3.8, 4) is 23.2 Å². The van der Waals surface area contributed by atoms with Crippen LogP contribution in [0.5, 0.6) is 5.88 Å². The lowest BCUT2D eigenvalue weighted by Gasteiger charge is -1.95. The van der Waals surface area contributed by atoms with Crippen LogP contribution in [0.15, 0.2) is 42.6 Å². The van der Waals surface area contributed by atoms with Crippen molar-refractivity contribution < 1.29 is 5.11 Å². The van der Waals surface area contributed by atoms with Crippen LogP contribution in [0.25, 0.3) is 16.9 Å². The topological polar surface area (TPSA) is 74.2 Å². The van der Waals surface area contributed by atoms with E-state index in [4.69, 9.17) is 5.26 Å². The van der Waals surface area contributed by atoms with E-state index in [1.807, 2.05) is 12.1 Å². The summed E-state index contributed by atoms with van der Waals surface area (Å²) in [6.07, 6.45) is 1.63. The van der Waals surface area contributed by atoms with Gasteiger partial charge in [0, 0.05) is 23.9 Å². The first kappa shape index (κ1) is 10.3. The minimum atomic E-state index is -0.0419. The van der Waals surface area contributed by atoms with E-state index in [1.165, 1.54) is 6.07 Å². The molecule has 0 saturated carbocycles. The lowest BCUT2D eigenvalue weighted by Crippen LogP contribution is -1.88. The van der Waals surface area contributed by atoms with E-state index in [-0.39, 0.29) is 5.88 Å². The van der Waals surface area contributed by atoms with Crippen molar-refractivity contribution in [2.45, 2.75) is 0 Å². The largest absolute Gasteiger partial charge is 0.493 e. The maximum Gasteiger partial charge on any atom is 0.214 e. The first-order valence-electron chi connectivity index (χ1n) is 5.32. The van der Waals surface area contributed by atoms with Gasteiger partial charge in [0.1, 0.15) is 0 Å². The zero-order chi connectivity index (χ0) is 12.5. The predicted octanol–water partition coefficient (Wildman–Crippen LogP) is 1.97. The van der Waals surface area contributed by atoms with Gasteiger partial charge in [0.05, 0.1) is 17.3 Å². The summed E-state index contributed by atoms with van der Waals surface area (Å²) >= 11 is 0. The molecule has 0 aliphatic heterocycles. The van der Waals surface area contributed by atoms with Gasteiger partial charge in [-0.05, 0) is 12.1 Å². The second kappa shape index (κ2) is 3.86. The van der Waals surface area contributed by atoms with E-state index in [9.17, 15) is 5.11 Å². The summed E-state index contributed by atoms with van der Waals surface area (Å²) < 4.78 is 1.58. The van der Waals surface area contributed by atoms with Crippen molar-refractivity contribution in [1.82, 2.24) is 14.6 Å². The fourth-order valence-electron chi connectivity index (χ4n) is 1.76. The van der Waals surface area contributed by atoms with Gasteiger partial charge >= 0.3 is 0 Å². The summed E-state index contributed by atoms with van der Waals surface area (Å²) in [5.41, 5.74) is 2.71. The van der Waals surface area contributed by atoms with Gasteiger partial charge in [0.2, 0.25) is 5.88 Å². The molecule has 0 aliphatic carbocycles. The molecule has 0 amide bonds. The molecule has 0 fully saturated rings. The third-order valence-corrected chi connectivity index (χ3v) is 2.60. The van der Waals surface area contributed by atoms with Crippen LogP contribution >= 0.6 is 0 Å². The molecule has 2 aromatic heterocycles. The van der Waals surface area contributed by atoms with Crippen molar-refractivity contribution in [3.63, 3.8) is 0 Å². The summed E-state index contributed by atoms with van der Waals surface area (Å²) in [7, 11) is 0. The summed E-state index contributed by atoms with van der Waals surface area (Å²) in [5.74, 6) is -0.0419. The molecular formula is C13H8N4O. The van der Waals surface area contributed by atoms with E-state index in [0.29, 0.717) is 16.9 Å². The minimum Gasteiger partial charge on any atom is -0.493 e. The van der Waals surface area contributed by atoms with E-state index in [0.717, 1.165) is 5.56 Å². The number of aromatic hydroxyl groups is 1. The molecular weight excluding hydrogens is 228 g/mol. The van der Waals surface area contributed by atoms with Gasteiger partial charge in [-0.2, -0.15) is 15.3 Å². The fraction of sp³-hybridized carbons (Fsp3) is 0. The van der Waals surface area contributed by atoms with Crippen LogP contribution in [0.4, 0.5) is 0 Å². The second-order valence-electron chi connectivity index (χ2n) is 3.81. The lowest BCUT2D eigenvalue weighted by atomic mass is 10.1. The second-order valence-corrected chi connectivity index (χ2v) is 3.81. The number of hydrogen-bond acceptors (Lipinski definition) is 4. The molecule has 86 valence electrons. The van der Waals surface area contributed by atoms with Crippen LogP contribution in [0.1, 0.15) is 5.56 Å². The van der Waals surface area contributed by atoms with Gasteiger partial charge in [-0.25, -0.2) is 4.52 Å². The Labute approximate surface area is 103 Å². The molecule has 18 heavy (non-hydrogen) atoms. The first-order chi connectivity index (χ1) is 8.76. The molecule has 5 heteroatoms. The smallest absolute Gasteiger partial charge is 0.214 e. The monoisotopic (exact) mass is 236 g/mol. The first-order valence-corrected chi connectivity index (χ1v) is 5.32. The molecule has 0 unspecified atom stereocenters. The van der Waals surface area contributed by atoms with Crippen LogP contribution in [0, 0.1) is 11.3 Å². The molecule has 0 spiro atoms. The molecule has 0 saturated heterocycles. The SMILES string of the molecule is N#Cc1cccc(-c2cc3nc(O)ccn3n2)c1. The maximum absolute atomic E-state index is 9.30. The number of aromatic nitrogens is 3. The standard InChI is InChI=1S/C13H8N4O/c14-8-9-2-1-3-10(6-9)11-7-12-15-13(18)4-5-17(12)16-11/h1-7H,(H,15,18). The van der Waals surface area contributed by atoms with Crippen LogP contribution in [-0.4, -0.2) is 19.7 Å². The van der Waals surface area contributed by atoms with Crippen LogP contribution in [0.3, 0.4) is 0 Å². The van der Waals surface area contributed by atoms with Gasteiger partial charge in [0.15, 0.2) is 5.65 Å². The van der Waals surface area contributed by atoms with Crippen molar-refractivity contribution in [2.24, 2.45) is 0 Å². The predicted molar refractivity (Wildman–Crippen MR) is 64.8 cm³/mol. The number of fused-ring (bicyclic) bond motifs is 1. The van der Waals surface area contributed by atoms with Crippen molar-refractivity contribution >= 4 is 5.65 Å². The van der Waals surface area contributed by atoms with Gasteiger partial charge in [-0.1, -0.05) is 12.1 Å². The van der Waals surface area contributed by atoms with E-state index in [2.05, 4.69) is 16.2 Å². The van der Waals surface area contributed by atoms with Gasteiger partial charge in [0.25, 0.3) is 0 Å². The molecule has 0 radical (unpaired) electrons. The number of nitrogens with zero attached hydrogens (tertiary/aromatic N) is 4. The number of nitriles is 1. The zero-order valence-corrected chi connectivity index (χ0v) is 9.28. The van der Waals surface area contributed by atoms with Gasteiger partial charge in [-0.3, -0.25) is 0 Å². The Kier molecular flexibility index (Phi) is 2.21. The highest BCUT2D eigenvalue weighted by Crippen LogP contribution is 2.20. The average Bonchev–Trinajstić information content (AvgIpc) is 2.81. The molecule has 2 heterocycles. The highest BCUT2D eigenvalue weighted by Gasteiger charge is 2.06. The molecule has 0 aliphatic rings. The van der Waals surface area contributed by atoms with E-state index < -0.39 is 0 Å². The highest BCUT2D eigenvalue weighted by molar-refractivity contribution is 5.65. The summed E-state index contributed by atoms with van der Waals surface area (Å²) in [6, 6.07) is 12.5. The van der Waals surface area contributed by atoms with Crippen molar-refractivity contribution in [1.29, 1.82) is 5.26 Å². The van der Waals surface area contributed by atoms with Crippen LogP contribution in [-0.2, 0) is 0 Å². The number of hydrogen-bond donors (Lipinski definition) is 1. The third kappa shape index (κ3) is 1.66. The van der Waals surface area contributed by atoms with Gasteiger partial charge in [-0.15, -0.1) is 0 Å². The summed E-state index contributed by atoms with van der Waals surface area (Å²) in [5, 5.41) is 22.5. The Morgan fingerprint density at radius 2 is 2.11 bits per heavy atom. The highest BCUT2D eigenvalue weighted by atomic mass is 16.3. The molecule has 5 nitrogen and oxygen atoms in total. The van der Waals surface area contributed by atoms with Crippen molar-refractivity contribution in [3.05, 3.63) is 48.2 Å². The quantitative estimate of drug-likeness (QED) is 0.701. The lowest BCUT2D eigenvalue weighted by molar-refractivity contribution is 0.453. The summed E-state index contributed by atoms with van der Waals surface area (Å²) in [4.78, 5) is 3.96. The number of rotatable bonds is 1. The Morgan fingerprint density at radius 3 is 2.94 bits per heavy atom. The Morgan fingerprint density at radius 1 is 1.22 bits per heavy atom. The summed E-state index contributed by atoms with van der Waals surface area (Å²) in [6.45, 7) is 0. The average molecular weight is 236 g/mol. The molecule has 1 aromatic carbocycles. The van der Waals surface area contributed by atoms with Crippen LogP contribution in [0.2, 0.25) is 0 Å². The fourth-order valence-corrected chi connectivity index (χ4v) is 1.76. The normalized spacial score (nSPS) is 10.4. The van der Waals surface area contributed by atoms with Gasteiger partial charge < -0.3 is 5.11 Å². The maximum atomic E-state index is 9.30. The third-order valence-electron chi connectivity index (χ3n) is 2.60. The Bertz CT molecular complexity index is 770. The molecule has 3 aromatic rings. The number of benzene rings is 1. The van der Waals surface area contributed by atoms with E-state index in [1.54, 1.807) is 28.9 Å². The Hall–Kier alpha value is -2.87. The molecule has 0 atom stereocenters.